The highest BCUT2D eigenvalue weighted by molar-refractivity contribution is 6.12. The van der Waals surface area contributed by atoms with Crippen molar-refractivity contribution in [2.24, 2.45) is 0 Å². The van der Waals surface area contributed by atoms with Gasteiger partial charge in [-0.25, -0.2) is 0 Å². The van der Waals surface area contributed by atoms with Crippen molar-refractivity contribution in [1.29, 1.82) is 0 Å². The van der Waals surface area contributed by atoms with Crippen LogP contribution >= 0.6 is 0 Å². The Morgan fingerprint density at radius 3 is 1.56 bits per heavy atom. The van der Waals surface area contributed by atoms with E-state index in [1.54, 1.807) is 0 Å². The third-order valence-corrected chi connectivity index (χ3v) is 4.54. The Balaban J connectivity index is 2.04. The molecule has 0 spiro atoms. The molecule has 0 aromatic carbocycles. The quantitative estimate of drug-likeness (QED) is 0.119. The van der Waals surface area contributed by atoms with Crippen LogP contribution in [0.2, 0.25) is 0 Å². The first-order valence-corrected chi connectivity index (χ1v) is 11.1. The van der Waals surface area contributed by atoms with Crippen LogP contribution in [0.4, 0.5) is 0 Å². The van der Waals surface area contributed by atoms with Crippen molar-refractivity contribution in [2.75, 3.05) is 39.3 Å². The lowest BCUT2D eigenvalue weighted by Gasteiger charge is -2.13. The van der Waals surface area contributed by atoms with E-state index in [1.807, 2.05) is 6.92 Å². The molecule has 34 heavy (non-hydrogen) atoms. The standard InChI is InChI=1S/C21H32N6O7/c1-2-9-22-16(29)11-24-18(31)13-26-19(32)14-25-17(30)12-23-15(28)6-4-3-5-10-27-20(33)7-8-21(27)34/h7-8H,2-6,9-14H2,1H3,(H,22,29)(H,23,28)(H,24,31)(H,25,30)(H,26,32). The van der Waals surface area contributed by atoms with Gasteiger partial charge in [-0.3, -0.25) is 38.5 Å². The van der Waals surface area contributed by atoms with Crippen LogP contribution in [0.5, 0.6) is 0 Å². The number of nitrogens with zero attached hydrogens (tertiary/aromatic N) is 1. The van der Waals surface area contributed by atoms with Gasteiger partial charge in [-0.05, 0) is 19.3 Å². The molecule has 188 valence electrons. The molecular weight excluding hydrogens is 448 g/mol. The highest BCUT2D eigenvalue weighted by Gasteiger charge is 2.22. The normalized spacial score (nSPS) is 12.3. The molecule has 13 nitrogen and oxygen atoms in total. The number of unbranched alkanes of at least 4 members (excludes halogenated alkanes) is 2. The molecule has 1 rings (SSSR count). The molecule has 0 unspecified atom stereocenters. The van der Waals surface area contributed by atoms with Gasteiger partial charge in [0, 0.05) is 31.7 Å². The highest BCUT2D eigenvalue weighted by atomic mass is 16.2. The molecule has 1 aliphatic heterocycles. The van der Waals surface area contributed by atoms with Gasteiger partial charge in [-0.1, -0.05) is 13.3 Å². The summed E-state index contributed by atoms with van der Waals surface area (Å²) in [6.45, 7) is 1.49. The minimum Gasteiger partial charge on any atom is -0.355 e. The smallest absolute Gasteiger partial charge is 0.253 e. The van der Waals surface area contributed by atoms with E-state index in [4.69, 9.17) is 0 Å². The summed E-state index contributed by atoms with van der Waals surface area (Å²) in [7, 11) is 0. The summed E-state index contributed by atoms with van der Waals surface area (Å²) < 4.78 is 0. The van der Waals surface area contributed by atoms with E-state index in [1.165, 1.54) is 12.2 Å². The summed E-state index contributed by atoms with van der Waals surface area (Å²) >= 11 is 0. The van der Waals surface area contributed by atoms with Crippen molar-refractivity contribution in [3.05, 3.63) is 12.2 Å². The van der Waals surface area contributed by atoms with Crippen LogP contribution in [0.15, 0.2) is 12.2 Å². The van der Waals surface area contributed by atoms with Crippen LogP contribution < -0.4 is 26.6 Å². The average molecular weight is 481 g/mol. The SMILES string of the molecule is CCCNC(=O)CNC(=O)CNC(=O)CNC(=O)CNC(=O)CCCCCN1C(=O)C=CC1=O. The number of nitrogens with one attached hydrogen (secondary N) is 5. The van der Waals surface area contributed by atoms with E-state index >= 15 is 0 Å². The molecule has 0 saturated heterocycles. The fourth-order valence-corrected chi connectivity index (χ4v) is 2.70. The van der Waals surface area contributed by atoms with E-state index in [-0.39, 0.29) is 56.2 Å². The topological polar surface area (TPSA) is 183 Å². The number of imide groups is 1. The Kier molecular flexibility index (Phi) is 13.2. The van der Waals surface area contributed by atoms with Gasteiger partial charge in [0.25, 0.3) is 11.8 Å². The number of carbonyl (C=O) groups is 7. The minimum atomic E-state index is -0.601. The van der Waals surface area contributed by atoms with Gasteiger partial charge in [-0.2, -0.15) is 0 Å². The van der Waals surface area contributed by atoms with Crippen LogP contribution in [-0.4, -0.2) is 85.5 Å². The molecule has 1 heterocycles. The van der Waals surface area contributed by atoms with Gasteiger partial charge in [0.2, 0.25) is 29.5 Å². The Bertz CT molecular complexity index is 793. The summed E-state index contributed by atoms with van der Waals surface area (Å²) in [5.74, 6) is -3.06. The van der Waals surface area contributed by atoms with E-state index in [9.17, 15) is 33.6 Å². The Labute approximate surface area is 197 Å². The molecular formula is C21H32N6O7. The van der Waals surface area contributed by atoms with E-state index < -0.39 is 17.7 Å². The molecule has 0 aromatic heterocycles. The second-order valence-corrected chi connectivity index (χ2v) is 7.43. The number of hydrogen-bond acceptors (Lipinski definition) is 7. The highest BCUT2D eigenvalue weighted by Crippen LogP contribution is 2.07. The molecule has 0 radical (unpaired) electrons. The fraction of sp³-hybridized carbons (Fsp3) is 0.571. The van der Waals surface area contributed by atoms with Gasteiger partial charge in [0.1, 0.15) is 0 Å². The van der Waals surface area contributed by atoms with Crippen LogP contribution in [-0.2, 0) is 33.6 Å². The number of rotatable bonds is 16. The zero-order valence-corrected chi connectivity index (χ0v) is 19.2. The number of carbonyl (C=O) groups excluding carboxylic acids is 7. The lowest BCUT2D eigenvalue weighted by atomic mass is 10.2. The third kappa shape index (κ3) is 12.3. The average Bonchev–Trinajstić information content (AvgIpc) is 3.14. The molecule has 13 heteroatoms. The van der Waals surface area contributed by atoms with Gasteiger partial charge in [-0.15, -0.1) is 0 Å². The molecule has 7 amide bonds. The first-order valence-electron chi connectivity index (χ1n) is 11.1. The van der Waals surface area contributed by atoms with Gasteiger partial charge in [0.15, 0.2) is 0 Å². The Morgan fingerprint density at radius 1 is 0.647 bits per heavy atom. The minimum absolute atomic E-state index is 0.180. The Hall–Kier alpha value is -3.77. The van der Waals surface area contributed by atoms with E-state index in [2.05, 4.69) is 26.6 Å². The fourth-order valence-electron chi connectivity index (χ4n) is 2.70. The summed E-state index contributed by atoms with van der Waals surface area (Å²) in [6, 6.07) is 0. The molecule has 0 saturated carbocycles. The van der Waals surface area contributed by atoms with Crippen LogP contribution in [0.1, 0.15) is 39.0 Å². The van der Waals surface area contributed by atoms with Crippen molar-refractivity contribution in [2.45, 2.75) is 39.0 Å². The van der Waals surface area contributed by atoms with Crippen LogP contribution in [0.25, 0.3) is 0 Å². The molecule has 0 aliphatic carbocycles. The summed E-state index contributed by atoms with van der Waals surface area (Å²) in [6.07, 6.45) is 5.13. The maximum absolute atomic E-state index is 11.8. The maximum Gasteiger partial charge on any atom is 0.253 e. The van der Waals surface area contributed by atoms with Crippen molar-refractivity contribution in [3.63, 3.8) is 0 Å². The largest absolute Gasteiger partial charge is 0.355 e. The zero-order valence-electron chi connectivity index (χ0n) is 19.2. The molecule has 0 fully saturated rings. The molecule has 0 aromatic rings. The zero-order chi connectivity index (χ0) is 25.3. The predicted molar refractivity (Wildman–Crippen MR) is 120 cm³/mol. The van der Waals surface area contributed by atoms with Crippen molar-refractivity contribution in [1.82, 2.24) is 31.5 Å². The van der Waals surface area contributed by atoms with Crippen molar-refractivity contribution < 1.29 is 33.6 Å². The molecule has 0 bridgehead atoms. The Morgan fingerprint density at radius 2 is 1.09 bits per heavy atom. The first kappa shape index (κ1) is 28.3. The lowest BCUT2D eigenvalue weighted by molar-refractivity contribution is -0.137. The number of amides is 7. The van der Waals surface area contributed by atoms with E-state index in [0.717, 1.165) is 11.3 Å². The van der Waals surface area contributed by atoms with Crippen molar-refractivity contribution in [3.8, 4) is 0 Å². The summed E-state index contributed by atoms with van der Waals surface area (Å²) in [5.41, 5.74) is 0. The summed E-state index contributed by atoms with van der Waals surface area (Å²) in [5, 5.41) is 12.0. The maximum atomic E-state index is 11.8. The second kappa shape index (κ2) is 15.9. The molecule has 1 aliphatic rings. The molecule has 5 N–H and O–H groups in total. The van der Waals surface area contributed by atoms with Gasteiger partial charge in [0.05, 0.1) is 26.2 Å². The van der Waals surface area contributed by atoms with Gasteiger partial charge >= 0.3 is 0 Å². The third-order valence-electron chi connectivity index (χ3n) is 4.54. The van der Waals surface area contributed by atoms with Crippen LogP contribution in [0, 0.1) is 0 Å². The summed E-state index contributed by atoms with van der Waals surface area (Å²) in [4.78, 5) is 82.1. The van der Waals surface area contributed by atoms with E-state index in [0.29, 0.717) is 32.4 Å². The number of hydrogen-bond donors (Lipinski definition) is 5. The monoisotopic (exact) mass is 480 g/mol. The second-order valence-electron chi connectivity index (χ2n) is 7.43. The predicted octanol–water partition coefficient (Wildman–Crippen LogP) is -2.54. The first-order chi connectivity index (χ1) is 16.2. The van der Waals surface area contributed by atoms with Crippen molar-refractivity contribution >= 4 is 41.4 Å². The lowest BCUT2D eigenvalue weighted by Crippen LogP contribution is -2.45. The van der Waals surface area contributed by atoms with Gasteiger partial charge < -0.3 is 26.6 Å². The molecule has 0 atom stereocenters. The van der Waals surface area contributed by atoms with Crippen LogP contribution in [0.3, 0.4) is 0 Å².